The Kier molecular flexibility index (Phi) is 6.31. The molecule has 5 nitrogen and oxygen atoms in total. The zero-order chi connectivity index (χ0) is 15.1. The van der Waals surface area contributed by atoms with Crippen LogP contribution >= 0.6 is 11.6 Å². The van der Waals surface area contributed by atoms with Gasteiger partial charge in [0.05, 0.1) is 0 Å². The van der Waals surface area contributed by atoms with Gasteiger partial charge in [0.25, 0.3) is 5.91 Å². The average molecular weight is 300 g/mol. The van der Waals surface area contributed by atoms with E-state index >= 15 is 0 Å². The predicted octanol–water partition coefficient (Wildman–Crippen LogP) is 2.25. The molecule has 0 saturated carbocycles. The van der Waals surface area contributed by atoms with Crippen molar-refractivity contribution in [2.75, 3.05) is 13.2 Å². The summed E-state index contributed by atoms with van der Waals surface area (Å²) in [6.07, 6.45) is 0.0252. The van der Waals surface area contributed by atoms with E-state index in [4.69, 9.17) is 21.4 Å². The number of carbonyl (C=O) groups is 2. The van der Waals surface area contributed by atoms with Crippen molar-refractivity contribution in [3.05, 3.63) is 28.8 Å². The second-order valence-electron chi connectivity index (χ2n) is 4.71. The number of ether oxygens (including phenoxy) is 1. The normalized spacial score (nSPS) is 11.8. The van der Waals surface area contributed by atoms with Gasteiger partial charge >= 0.3 is 5.97 Å². The Morgan fingerprint density at radius 1 is 1.45 bits per heavy atom. The number of carbonyl (C=O) groups excluding carboxylic acids is 1. The lowest BCUT2D eigenvalue weighted by Gasteiger charge is -2.12. The minimum Gasteiger partial charge on any atom is -0.484 e. The van der Waals surface area contributed by atoms with Crippen molar-refractivity contribution in [1.82, 2.24) is 5.32 Å². The fourth-order valence-corrected chi connectivity index (χ4v) is 1.85. The number of aryl methyl sites for hydroxylation is 1. The van der Waals surface area contributed by atoms with Crippen molar-refractivity contribution >= 4 is 23.5 Å². The molecular weight excluding hydrogens is 282 g/mol. The molecule has 0 aliphatic carbocycles. The smallest absolute Gasteiger partial charge is 0.303 e. The van der Waals surface area contributed by atoms with E-state index in [9.17, 15) is 9.59 Å². The molecule has 0 fully saturated rings. The Morgan fingerprint density at radius 3 is 2.75 bits per heavy atom. The Morgan fingerprint density at radius 2 is 2.15 bits per heavy atom. The molecule has 1 rings (SSSR count). The predicted molar refractivity (Wildman–Crippen MR) is 76.1 cm³/mol. The fraction of sp³-hybridized carbons (Fsp3) is 0.429. The van der Waals surface area contributed by atoms with Crippen LogP contribution in [0.3, 0.4) is 0 Å². The highest BCUT2D eigenvalue weighted by atomic mass is 35.5. The van der Waals surface area contributed by atoms with Crippen LogP contribution in [0.1, 0.15) is 18.9 Å². The summed E-state index contributed by atoms with van der Waals surface area (Å²) in [5.41, 5.74) is 0.851. The molecule has 1 unspecified atom stereocenters. The van der Waals surface area contributed by atoms with Gasteiger partial charge < -0.3 is 15.2 Å². The van der Waals surface area contributed by atoms with Gasteiger partial charge in [0.2, 0.25) is 0 Å². The summed E-state index contributed by atoms with van der Waals surface area (Å²) >= 11 is 5.82. The standard InChI is InChI=1S/C14H18ClNO4/c1-9(5-14(18)19)7-16-13(17)8-20-12-4-3-11(15)6-10(12)2/h3-4,6,9H,5,7-8H2,1-2H3,(H,16,17)(H,18,19). The van der Waals surface area contributed by atoms with Crippen LogP contribution in [0.25, 0.3) is 0 Å². The second kappa shape index (κ2) is 7.75. The third-order valence-electron chi connectivity index (χ3n) is 2.67. The van der Waals surface area contributed by atoms with Crippen LogP contribution in [0.2, 0.25) is 5.02 Å². The molecular formula is C14H18ClNO4. The molecule has 0 bridgehead atoms. The van der Waals surface area contributed by atoms with Crippen LogP contribution in [0.15, 0.2) is 18.2 Å². The maximum absolute atomic E-state index is 11.6. The zero-order valence-corrected chi connectivity index (χ0v) is 12.2. The number of aliphatic carboxylic acids is 1. The number of hydrogen-bond donors (Lipinski definition) is 2. The minimum atomic E-state index is -0.875. The molecule has 20 heavy (non-hydrogen) atoms. The van der Waals surface area contributed by atoms with Crippen LogP contribution in [0.4, 0.5) is 0 Å². The number of hydrogen-bond acceptors (Lipinski definition) is 3. The molecule has 6 heteroatoms. The highest BCUT2D eigenvalue weighted by Crippen LogP contribution is 2.21. The van der Waals surface area contributed by atoms with E-state index in [1.54, 1.807) is 25.1 Å². The van der Waals surface area contributed by atoms with Crippen molar-refractivity contribution in [1.29, 1.82) is 0 Å². The summed E-state index contributed by atoms with van der Waals surface area (Å²) in [5.74, 6) is -0.673. The van der Waals surface area contributed by atoms with Gasteiger partial charge in [-0.3, -0.25) is 9.59 Å². The molecule has 1 atom stereocenters. The summed E-state index contributed by atoms with van der Waals surface area (Å²) in [7, 11) is 0. The van der Waals surface area contributed by atoms with Crippen molar-refractivity contribution in [3.63, 3.8) is 0 Å². The molecule has 1 aromatic rings. The van der Waals surface area contributed by atoms with E-state index < -0.39 is 5.97 Å². The Bertz CT molecular complexity index is 490. The van der Waals surface area contributed by atoms with E-state index in [0.717, 1.165) is 5.56 Å². The largest absolute Gasteiger partial charge is 0.484 e. The maximum atomic E-state index is 11.6. The van der Waals surface area contributed by atoms with E-state index in [2.05, 4.69) is 5.32 Å². The van der Waals surface area contributed by atoms with Crippen molar-refractivity contribution in [3.8, 4) is 5.75 Å². The third-order valence-corrected chi connectivity index (χ3v) is 2.90. The van der Waals surface area contributed by atoms with Crippen LogP contribution < -0.4 is 10.1 Å². The summed E-state index contributed by atoms with van der Waals surface area (Å²) in [4.78, 5) is 22.1. The van der Waals surface area contributed by atoms with Crippen molar-refractivity contribution in [2.45, 2.75) is 20.3 Å². The van der Waals surface area contributed by atoms with Gasteiger partial charge in [0.15, 0.2) is 6.61 Å². The van der Waals surface area contributed by atoms with E-state index in [1.807, 2.05) is 6.92 Å². The first kappa shape index (κ1) is 16.3. The summed E-state index contributed by atoms with van der Waals surface area (Å²) in [6, 6.07) is 5.15. The fourth-order valence-electron chi connectivity index (χ4n) is 1.63. The van der Waals surface area contributed by atoms with Crippen LogP contribution in [-0.4, -0.2) is 30.1 Å². The van der Waals surface area contributed by atoms with E-state index in [0.29, 0.717) is 17.3 Å². The highest BCUT2D eigenvalue weighted by Gasteiger charge is 2.10. The number of halogens is 1. The Balaban J connectivity index is 2.34. The van der Waals surface area contributed by atoms with Crippen LogP contribution in [-0.2, 0) is 9.59 Å². The maximum Gasteiger partial charge on any atom is 0.303 e. The van der Waals surface area contributed by atoms with Gasteiger partial charge in [-0.2, -0.15) is 0 Å². The topological polar surface area (TPSA) is 75.6 Å². The second-order valence-corrected chi connectivity index (χ2v) is 5.14. The van der Waals surface area contributed by atoms with Gasteiger partial charge in [-0.25, -0.2) is 0 Å². The summed E-state index contributed by atoms with van der Waals surface area (Å²) in [6.45, 7) is 3.81. The van der Waals surface area contributed by atoms with Crippen molar-refractivity contribution < 1.29 is 19.4 Å². The molecule has 0 aliphatic heterocycles. The molecule has 1 aromatic carbocycles. The molecule has 1 amide bonds. The number of amides is 1. The monoisotopic (exact) mass is 299 g/mol. The lowest BCUT2D eigenvalue weighted by molar-refractivity contribution is -0.138. The number of rotatable bonds is 7. The summed E-state index contributed by atoms with van der Waals surface area (Å²) in [5, 5.41) is 11.9. The Hall–Kier alpha value is -1.75. The number of nitrogens with one attached hydrogen (secondary N) is 1. The quantitative estimate of drug-likeness (QED) is 0.810. The first-order valence-corrected chi connectivity index (χ1v) is 6.63. The minimum absolute atomic E-state index is 0.0252. The number of carboxylic acid groups (broad SMARTS) is 1. The first-order chi connectivity index (χ1) is 9.38. The molecule has 0 aromatic heterocycles. The van der Waals surface area contributed by atoms with E-state index in [-0.39, 0.29) is 24.9 Å². The average Bonchev–Trinajstić information content (AvgIpc) is 2.34. The molecule has 0 aliphatic rings. The van der Waals surface area contributed by atoms with Crippen LogP contribution in [0, 0.1) is 12.8 Å². The van der Waals surface area contributed by atoms with Crippen LogP contribution in [0.5, 0.6) is 5.75 Å². The summed E-state index contributed by atoms with van der Waals surface area (Å²) < 4.78 is 5.38. The molecule has 2 N–H and O–H groups in total. The molecule has 0 spiro atoms. The molecule has 0 heterocycles. The first-order valence-electron chi connectivity index (χ1n) is 6.26. The van der Waals surface area contributed by atoms with Crippen molar-refractivity contribution in [2.24, 2.45) is 5.92 Å². The molecule has 0 radical (unpaired) electrons. The third kappa shape index (κ3) is 5.93. The van der Waals surface area contributed by atoms with E-state index in [1.165, 1.54) is 0 Å². The van der Waals surface area contributed by atoms with Gasteiger partial charge in [-0.1, -0.05) is 18.5 Å². The molecule has 0 saturated heterocycles. The highest BCUT2D eigenvalue weighted by molar-refractivity contribution is 6.30. The lowest BCUT2D eigenvalue weighted by Crippen LogP contribution is -2.33. The van der Waals surface area contributed by atoms with Gasteiger partial charge in [-0.15, -0.1) is 0 Å². The molecule has 110 valence electrons. The number of benzene rings is 1. The number of carboxylic acids is 1. The van der Waals surface area contributed by atoms with Gasteiger partial charge in [0, 0.05) is 18.0 Å². The SMILES string of the molecule is Cc1cc(Cl)ccc1OCC(=O)NCC(C)CC(=O)O. The zero-order valence-electron chi connectivity index (χ0n) is 11.5. The van der Waals surface area contributed by atoms with Gasteiger partial charge in [-0.05, 0) is 36.6 Å². The Labute approximate surface area is 122 Å². The van der Waals surface area contributed by atoms with Gasteiger partial charge in [0.1, 0.15) is 5.75 Å². The lowest BCUT2D eigenvalue weighted by atomic mass is 10.1.